The van der Waals surface area contributed by atoms with Gasteiger partial charge in [0, 0.05) is 18.4 Å². The zero-order valence-electron chi connectivity index (χ0n) is 11.4. The molecule has 0 heterocycles. The van der Waals surface area contributed by atoms with E-state index >= 15 is 0 Å². The maximum absolute atomic E-state index is 12.1. The van der Waals surface area contributed by atoms with E-state index < -0.39 is 18.2 Å². The van der Waals surface area contributed by atoms with E-state index in [2.05, 4.69) is 20.7 Å². The van der Waals surface area contributed by atoms with Gasteiger partial charge in [0.15, 0.2) is 0 Å². The molecule has 0 saturated carbocycles. The number of halogens is 5. The van der Waals surface area contributed by atoms with Crippen LogP contribution in [0.25, 0.3) is 0 Å². The predicted octanol–water partition coefficient (Wildman–Crippen LogP) is 4.89. The van der Waals surface area contributed by atoms with E-state index in [0.717, 1.165) is 17.8 Å². The van der Waals surface area contributed by atoms with Crippen LogP contribution in [-0.4, -0.2) is 34.3 Å². The number of carboxylic acid groups (broad SMARTS) is 1. The van der Waals surface area contributed by atoms with E-state index in [9.17, 15) is 18.0 Å². The average Bonchev–Trinajstić information content (AvgIpc) is 2.39. The molecule has 1 rings (SSSR count). The minimum atomic E-state index is -4.83. The molecule has 0 aromatic heterocycles. The van der Waals surface area contributed by atoms with Crippen molar-refractivity contribution in [2.24, 2.45) is 0 Å². The van der Waals surface area contributed by atoms with E-state index in [0.29, 0.717) is 18.5 Å². The summed E-state index contributed by atoms with van der Waals surface area (Å²) < 4.78 is 40.2. The number of hydrogen-bond donors (Lipinski definition) is 1. The Bertz CT molecular complexity index is 514. The lowest BCUT2D eigenvalue weighted by Gasteiger charge is -2.19. The number of hydrogen-bond acceptors (Lipinski definition) is 2. The standard InChI is InChI=1S/C13H14BrClF3NO3/c14-5-1-2-6-19(12(20)21)8-9-3-4-11(10(15)7-9)22-13(16,17)18/h3-4,7H,1-2,5-6,8H2,(H,20,21). The second-order valence-corrected chi connectivity index (χ2v) is 5.61. The summed E-state index contributed by atoms with van der Waals surface area (Å²) in [6, 6.07) is 3.69. The SMILES string of the molecule is O=C(O)N(CCCCBr)Cc1ccc(OC(F)(F)F)c(Cl)c1. The van der Waals surface area contributed by atoms with E-state index in [1.807, 2.05) is 0 Å². The van der Waals surface area contributed by atoms with Crippen LogP contribution in [0.15, 0.2) is 18.2 Å². The van der Waals surface area contributed by atoms with Gasteiger partial charge in [-0.05, 0) is 30.5 Å². The number of amides is 1. The Balaban J connectivity index is 2.75. The summed E-state index contributed by atoms with van der Waals surface area (Å²) in [5.74, 6) is -0.515. The van der Waals surface area contributed by atoms with Gasteiger partial charge in [-0.3, -0.25) is 0 Å². The number of benzene rings is 1. The highest BCUT2D eigenvalue weighted by atomic mass is 79.9. The van der Waals surface area contributed by atoms with Crippen molar-refractivity contribution in [1.82, 2.24) is 4.90 Å². The third-order valence-corrected chi connectivity index (χ3v) is 3.53. The first-order valence-electron chi connectivity index (χ1n) is 6.31. The molecule has 9 heteroatoms. The second kappa shape index (κ2) is 8.47. The van der Waals surface area contributed by atoms with E-state index in [-0.39, 0.29) is 11.6 Å². The normalized spacial score (nSPS) is 11.3. The topological polar surface area (TPSA) is 49.8 Å². The lowest BCUT2D eigenvalue weighted by molar-refractivity contribution is -0.274. The first kappa shape index (κ1) is 18.9. The molecule has 1 aromatic rings. The Morgan fingerprint density at radius 1 is 1.36 bits per heavy atom. The molecule has 22 heavy (non-hydrogen) atoms. The lowest BCUT2D eigenvalue weighted by Crippen LogP contribution is -2.30. The Kier molecular flexibility index (Phi) is 7.28. The second-order valence-electron chi connectivity index (χ2n) is 4.41. The molecule has 0 aliphatic heterocycles. The van der Waals surface area contributed by atoms with E-state index in [4.69, 9.17) is 16.7 Å². The quantitative estimate of drug-likeness (QED) is 0.520. The highest BCUT2D eigenvalue weighted by Gasteiger charge is 2.32. The molecule has 1 amide bonds. The van der Waals surface area contributed by atoms with Crippen molar-refractivity contribution in [2.75, 3.05) is 11.9 Å². The lowest BCUT2D eigenvalue weighted by atomic mass is 10.2. The Morgan fingerprint density at radius 3 is 2.55 bits per heavy atom. The van der Waals surface area contributed by atoms with E-state index in [1.165, 1.54) is 17.0 Å². The van der Waals surface area contributed by atoms with Crippen molar-refractivity contribution in [3.63, 3.8) is 0 Å². The van der Waals surface area contributed by atoms with Crippen LogP contribution in [-0.2, 0) is 6.54 Å². The van der Waals surface area contributed by atoms with Gasteiger partial charge in [0.2, 0.25) is 0 Å². The van der Waals surface area contributed by atoms with Crippen molar-refractivity contribution in [1.29, 1.82) is 0 Å². The Morgan fingerprint density at radius 2 is 2.05 bits per heavy atom. The highest BCUT2D eigenvalue weighted by Crippen LogP contribution is 2.31. The van der Waals surface area contributed by atoms with Crippen LogP contribution in [0.5, 0.6) is 5.75 Å². The molecule has 0 radical (unpaired) electrons. The predicted molar refractivity (Wildman–Crippen MR) is 79.6 cm³/mol. The van der Waals surface area contributed by atoms with Gasteiger partial charge in [-0.15, -0.1) is 13.2 Å². The third kappa shape index (κ3) is 6.74. The van der Waals surface area contributed by atoms with Crippen LogP contribution in [0.3, 0.4) is 0 Å². The van der Waals surface area contributed by atoms with Gasteiger partial charge in [-0.2, -0.15) is 0 Å². The molecule has 0 unspecified atom stereocenters. The van der Waals surface area contributed by atoms with Crippen LogP contribution in [0.1, 0.15) is 18.4 Å². The Labute approximate surface area is 138 Å². The molecule has 0 aliphatic carbocycles. The fourth-order valence-electron chi connectivity index (χ4n) is 1.71. The molecule has 0 atom stereocenters. The molecule has 124 valence electrons. The van der Waals surface area contributed by atoms with Crippen molar-refractivity contribution >= 4 is 33.6 Å². The fraction of sp³-hybridized carbons (Fsp3) is 0.462. The minimum absolute atomic E-state index is 0.0453. The number of rotatable bonds is 7. The maximum atomic E-state index is 12.1. The first-order chi connectivity index (χ1) is 10.2. The Hall–Kier alpha value is -1.15. The molecule has 0 fully saturated rings. The number of carbonyl (C=O) groups is 1. The first-order valence-corrected chi connectivity index (χ1v) is 7.81. The summed E-state index contributed by atoms with van der Waals surface area (Å²) in [6.45, 7) is 0.378. The molecule has 1 N–H and O–H groups in total. The summed E-state index contributed by atoms with van der Waals surface area (Å²) in [5, 5.41) is 9.67. The fourth-order valence-corrected chi connectivity index (χ4v) is 2.35. The molecule has 0 spiro atoms. The van der Waals surface area contributed by atoms with Crippen LogP contribution >= 0.6 is 27.5 Å². The van der Waals surface area contributed by atoms with Crippen LogP contribution in [0.2, 0.25) is 5.02 Å². The number of unbranched alkanes of at least 4 members (excludes halogenated alkanes) is 1. The molecular formula is C13H14BrClF3NO3. The van der Waals surface area contributed by atoms with E-state index in [1.54, 1.807) is 0 Å². The molecule has 0 saturated heterocycles. The molecule has 1 aromatic carbocycles. The highest BCUT2D eigenvalue weighted by molar-refractivity contribution is 9.09. The van der Waals surface area contributed by atoms with Crippen LogP contribution < -0.4 is 4.74 Å². The minimum Gasteiger partial charge on any atom is -0.465 e. The van der Waals surface area contributed by atoms with Crippen molar-refractivity contribution in [3.8, 4) is 5.75 Å². The van der Waals surface area contributed by atoms with Crippen molar-refractivity contribution in [2.45, 2.75) is 25.7 Å². The smallest absolute Gasteiger partial charge is 0.465 e. The van der Waals surface area contributed by atoms with Gasteiger partial charge in [-0.25, -0.2) is 4.79 Å². The number of nitrogens with zero attached hydrogens (tertiary/aromatic N) is 1. The zero-order valence-corrected chi connectivity index (χ0v) is 13.7. The molecule has 0 bridgehead atoms. The van der Waals surface area contributed by atoms with Gasteiger partial charge in [0.1, 0.15) is 5.75 Å². The average molecular weight is 405 g/mol. The van der Waals surface area contributed by atoms with Gasteiger partial charge < -0.3 is 14.7 Å². The number of ether oxygens (including phenoxy) is 1. The van der Waals surface area contributed by atoms with Gasteiger partial charge in [0.05, 0.1) is 5.02 Å². The monoisotopic (exact) mass is 403 g/mol. The zero-order chi connectivity index (χ0) is 16.8. The summed E-state index contributed by atoms with van der Waals surface area (Å²) >= 11 is 8.98. The summed E-state index contributed by atoms with van der Waals surface area (Å²) in [4.78, 5) is 12.3. The third-order valence-electron chi connectivity index (χ3n) is 2.68. The van der Waals surface area contributed by atoms with Crippen molar-refractivity contribution in [3.05, 3.63) is 28.8 Å². The largest absolute Gasteiger partial charge is 0.573 e. The van der Waals surface area contributed by atoms with Gasteiger partial charge in [0.25, 0.3) is 0 Å². The summed E-state index contributed by atoms with van der Waals surface area (Å²) in [5.41, 5.74) is 0.487. The summed E-state index contributed by atoms with van der Waals surface area (Å²) in [6.07, 6.45) is -4.42. The molecular weight excluding hydrogens is 390 g/mol. The molecule has 0 aliphatic rings. The number of alkyl halides is 4. The summed E-state index contributed by atoms with van der Waals surface area (Å²) in [7, 11) is 0. The van der Waals surface area contributed by atoms with Crippen molar-refractivity contribution < 1.29 is 27.8 Å². The van der Waals surface area contributed by atoms with Crippen LogP contribution in [0, 0.1) is 0 Å². The van der Waals surface area contributed by atoms with Gasteiger partial charge >= 0.3 is 12.5 Å². The van der Waals surface area contributed by atoms with Crippen LogP contribution in [0.4, 0.5) is 18.0 Å². The molecule has 4 nitrogen and oxygen atoms in total. The van der Waals surface area contributed by atoms with Gasteiger partial charge in [-0.1, -0.05) is 33.6 Å². The maximum Gasteiger partial charge on any atom is 0.573 e.